The molecule has 0 radical (unpaired) electrons. The molecule has 1 aliphatic rings. The Morgan fingerprint density at radius 1 is 1.33 bits per heavy atom. The van der Waals surface area contributed by atoms with Crippen molar-refractivity contribution in [1.29, 1.82) is 0 Å². The Morgan fingerprint density at radius 3 is 2.81 bits per heavy atom. The summed E-state index contributed by atoms with van der Waals surface area (Å²) in [5.41, 5.74) is 0.583. The number of hydrogen-bond acceptors (Lipinski definition) is 3. The maximum atomic E-state index is 12.8. The van der Waals surface area contributed by atoms with E-state index < -0.39 is 0 Å². The monoisotopic (exact) mass is 288 g/mol. The molecule has 1 fully saturated rings. The zero-order valence-corrected chi connectivity index (χ0v) is 11.6. The summed E-state index contributed by atoms with van der Waals surface area (Å²) in [5.74, 6) is 0.361. The highest BCUT2D eigenvalue weighted by molar-refractivity contribution is 5.90. The van der Waals surface area contributed by atoms with Gasteiger partial charge in [0.25, 0.3) is 0 Å². The number of anilines is 1. The molecule has 5 nitrogen and oxygen atoms in total. The van der Waals surface area contributed by atoms with Crippen molar-refractivity contribution in [3.05, 3.63) is 48.3 Å². The van der Waals surface area contributed by atoms with Crippen molar-refractivity contribution in [3.63, 3.8) is 0 Å². The maximum absolute atomic E-state index is 12.8. The molecular formula is C15H17FN4O. The summed E-state index contributed by atoms with van der Waals surface area (Å²) >= 11 is 0. The molecule has 0 saturated heterocycles. The number of rotatable bonds is 6. The second-order valence-corrected chi connectivity index (χ2v) is 5.18. The van der Waals surface area contributed by atoms with Gasteiger partial charge in [-0.25, -0.2) is 9.37 Å². The van der Waals surface area contributed by atoms with Gasteiger partial charge in [-0.1, -0.05) is 0 Å². The number of benzene rings is 1. The Balaban J connectivity index is 1.56. The van der Waals surface area contributed by atoms with E-state index in [0.717, 1.165) is 5.82 Å². The molecule has 1 heterocycles. The Hall–Kier alpha value is -2.21. The van der Waals surface area contributed by atoms with Crippen LogP contribution in [0.5, 0.6) is 0 Å². The van der Waals surface area contributed by atoms with Gasteiger partial charge in [0.05, 0.1) is 6.54 Å². The van der Waals surface area contributed by atoms with E-state index in [1.807, 2.05) is 4.57 Å². The Bertz CT molecular complexity index is 619. The Morgan fingerprint density at radius 2 is 2.10 bits per heavy atom. The Labute approximate surface area is 122 Å². The van der Waals surface area contributed by atoms with Crippen molar-refractivity contribution in [2.24, 2.45) is 0 Å². The minimum atomic E-state index is -0.323. The van der Waals surface area contributed by atoms with Crippen LogP contribution < -0.4 is 10.6 Å². The summed E-state index contributed by atoms with van der Waals surface area (Å²) < 4.78 is 14.6. The van der Waals surface area contributed by atoms with Crippen LogP contribution in [0.4, 0.5) is 10.1 Å². The van der Waals surface area contributed by atoms with Gasteiger partial charge in [0, 0.05) is 24.1 Å². The number of hydrogen-bond donors (Lipinski definition) is 2. The zero-order chi connectivity index (χ0) is 14.7. The molecule has 0 bridgehead atoms. The van der Waals surface area contributed by atoms with E-state index in [2.05, 4.69) is 15.6 Å². The first kappa shape index (κ1) is 13.8. The average Bonchev–Trinajstić information content (AvgIpc) is 3.20. The molecule has 0 unspecified atom stereocenters. The summed E-state index contributed by atoms with van der Waals surface area (Å²) in [6.07, 6.45) is 5.90. The van der Waals surface area contributed by atoms with E-state index in [9.17, 15) is 9.18 Å². The van der Waals surface area contributed by atoms with Crippen molar-refractivity contribution in [1.82, 2.24) is 14.9 Å². The summed E-state index contributed by atoms with van der Waals surface area (Å²) in [6.45, 7) is 0.862. The summed E-state index contributed by atoms with van der Waals surface area (Å²) in [6, 6.07) is 6.31. The zero-order valence-electron chi connectivity index (χ0n) is 11.6. The van der Waals surface area contributed by atoms with Crippen LogP contribution in [0, 0.1) is 5.82 Å². The summed E-state index contributed by atoms with van der Waals surface area (Å²) in [4.78, 5) is 16.3. The van der Waals surface area contributed by atoms with E-state index in [0.29, 0.717) is 18.3 Å². The molecule has 0 aliphatic heterocycles. The molecule has 3 rings (SSSR count). The van der Waals surface area contributed by atoms with Crippen molar-refractivity contribution < 1.29 is 9.18 Å². The van der Waals surface area contributed by atoms with Gasteiger partial charge in [0.15, 0.2) is 0 Å². The molecule has 1 aromatic carbocycles. The van der Waals surface area contributed by atoms with Crippen LogP contribution in [-0.2, 0) is 17.9 Å². The molecule has 21 heavy (non-hydrogen) atoms. The molecule has 1 saturated carbocycles. The fourth-order valence-electron chi connectivity index (χ4n) is 2.06. The van der Waals surface area contributed by atoms with Gasteiger partial charge in [0.1, 0.15) is 18.2 Å². The fourth-order valence-corrected chi connectivity index (χ4v) is 2.06. The van der Waals surface area contributed by atoms with Crippen LogP contribution >= 0.6 is 0 Å². The molecule has 0 atom stereocenters. The highest BCUT2D eigenvalue weighted by atomic mass is 19.1. The van der Waals surface area contributed by atoms with Gasteiger partial charge in [0.2, 0.25) is 5.91 Å². The predicted molar refractivity (Wildman–Crippen MR) is 77.1 cm³/mol. The van der Waals surface area contributed by atoms with Crippen LogP contribution in [0.15, 0.2) is 36.7 Å². The van der Waals surface area contributed by atoms with Gasteiger partial charge in [-0.05, 0) is 37.1 Å². The third-order valence-electron chi connectivity index (χ3n) is 3.37. The molecule has 1 aliphatic carbocycles. The van der Waals surface area contributed by atoms with Crippen LogP contribution in [0.3, 0.4) is 0 Å². The summed E-state index contributed by atoms with van der Waals surface area (Å²) in [5, 5.41) is 6.11. The molecule has 2 aromatic rings. The fraction of sp³-hybridized carbons (Fsp3) is 0.333. The first-order valence-electron chi connectivity index (χ1n) is 6.99. The van der Waals surface area contributed by atoms with Crippen molar-refractivity contribution in [2.75, 3.05) is 5.32 Å². The van der Waals surface area contributed by atoms with E-state index in [4.69, 9.17) is 0 Å². The predicted octanol–water partition coefficient (Wildman–Crippen LogP) is 1.91. The van der Waals surface area contributed by atoms with Crippen LogP contribution in [-0.4, -0.2) is 21.5 Å². The lowest BCUT2D eigenvalue weighted by molar-refractivity contribution is -0.116. The second kappa shape index (κ2) is 6.05. The normalized spacial score (nSPS) is 14.1. The number of halogens is 1. The average molecular weight is 288 g/mol. The topological polar surface area (TPSA) is 59.0 Å². The number of carbonyl (C=O) groups is 1. The van der Waals surface area contributed by atoms with Gasteiger partial charge < -0.3 is 15.2 Å². The smallest absolute Gasteiger partial charge is 0.244 e. The number of nitrogens with zero attached hydrogens (tertiary/aromatic N) is 2. The Kier molecular flexibility index (Phi) is 3.96. The lowest BCUT2D eigenvalue weighted by Crippen LogP contribution is -2.23. The maximum Gasteiger partial charge on any atom is 0.244 e. The largest absolute Gasteiger partial charge is 0.325 e. The van der Waals surface area contributed by atoms with Crippen LogP contribution in [0.25, 0.3) is 0 Å². The van der Waals surface area contributed by atoms with Gasteiger partial charge in [-0.2, -0.15) is 0 Å². The number of nitrogens with one attached hydrogen (secondary N) is 2. The summed E-state index contributed by atoms with van der Waals surface area (Å²) in [7, 11) is 0. The van der Waals surface area contributed by atoms with E-state index in [-0.39, 0.29) is 18.3 Å². The quantitative estimate of drug-likeness (QED) is 0.853. The number of amides is 1. The van der Waals surface area contributed by atoms with Crippen molar-refractivity contribution in [2.45, 2.75) is 32.0 Å². The molecule has 110 valence electrons. The lowest BCUT2D eigenvalue weighted by atomic mass is 10.3. The molecule has 1 amide bonds. The first-order chi connectivity index (χ1) is 10.2. The van der Waals surface area contributed by atoms with Gasteiger partial charge in [-0.3, -0.25) is 4.79 Å². The standard InChI is InChI=1S/C15H17FN4O/c16-11-1-3-13(4-2-11)19-15(21)10-20-8-7-17-14(20)9-18-12-5-6-12/h1-4,7-8,12,18H,5-6,9-10H2,(H,19,21). The third-order valence-corrected chi connectivity index (χ3v) is 3.37. The van der Waals surface area contributed by atoms with E-state index in [1.165, 1.54) is 37.1 Å². The number of carbonyl (C=O) groups excluding carboxylic acids is 1. The minimum absolute atomic E-state index is 0.160. The SMILES string of the molecule is O=C(Cn1ccnc1CNC1CC1)Nc1ccc(F)cc1. The molecule has 2 N–H and O–H groups in total. The second-order valence-electron chi connectivity index (χ2n) is 5.18. The molecule has 6 heteroatoms. The van der Waals surface area contributed by atoms with Crippen LogP contribution in [0.2, 0.25) is 0 Å². The molecule has 1 aromatic heterocycles. The molecule has 0 spiro atoms. The molecular weight excluding hydrogens is 271 g/mol. The number of aromatic nitrogens is 2. The first-order valence-corrected chi connectivity index (χ1v) is 6.99. The van der Waals surface area contributed by atoms with E-state index in [1.54, 1.807) is 12.4 Å². The highest BCUT2D eigenvalue weighted by Gasteiger charge is 2.21. The number of imidazole rings is 1. The lowest BCUT2D eigenvalue weighted by Gasteiger charge is -2.09. The van der Waals surface area contributed by atoms with Gasteiger partial charge >= 0.3 is 0 Å². The van der Waals surface area contributed by atoms with Crippen LogP contribution in [0.1, 0.15) is 18.7 Å². The minimum Gasteiger partial charge on any atom is -0.325 e. The van der Waals surface area contributed by atoms with Gasteiger partial charge in [-0.15, -0.1) is 0 Å². The highest BCUT2D eigenvalue weighted by Crippen LogP contribution is 2.19. The van der Waals surface area contributed by atoms with Crippen molar-refractivity contribution >= 4 is 11.6 Å². The van der Waals surface area contributed by atoms with Crippen molar-refractivity contribution in [3.8, 4) is 0 Å². The van der Waals surface area contributed by atoms with E-state index >= 15 is 0 Å². The third kappa shape index (κ3) is 3.88.